The molecule has 1 aromatic rings. The molecule has 0 saturated heterocycles. The quantitative estimate of drug-likeness (QED) is 0.773. The van der Waals surface area contributed by atoms with Gasteiger partial charge in [-0.25, -0.2) is 8.42 Å². The van der Waals surface area contributed by atoms with Crippen LogP contribution in [0.25, 0.3) is 0 Å². The van der Waals surface area contributed by atoms with Gasteiger partial charge in [0.2, 0.25) is 0 Å². The van der Waals surface area contributed by atoms with Crippen LogP contribution in [0.1, 0.15) is 31.4 Å². The number of hydrogen-bond donors (Lipinski definition) is 0. The lowest BCUT2D eigenvalue weighted by Gasteiger charge is -2.03. The SMILES string of the molecule is CCCS(=O)(=O)Cc1ccc(CC)cc1. The molecule has 0 N–H and O–H groups in total. The molecule has 2 nitrogen and oxygen atoms in total. The van der Waals surface area contributed by atoms with Crippen LogP contribution in [-0.2, 0) is 22.0 Å². The molecule has 0 spiro atoms. The molecule has 0 radical (unpaired) electrons. The molecule has 0 heterocycles. The lowest BCUT2D eigenvalue weighted by atomic mass is 10.1. The van der Waals surface area contributed by atoms with Gasteiger partial charge >= 0.3 is 0 Å². The number of sulfone groups is 1. The summed E-state index contributed by atoms with van der Waals surface area (Å²) in [5.74, 6) is 0.452. The van der Waals surface area contributed by atoms with Gasteiger partial charge in [-0.2, -0.15) is 0 Å². The highest BCUT2D eigenvalue weighted by atomic mass is 32.2. The average molecular weight is 226 g/mol. The van der Waals surface area contributed by atoms with Crippen LogP contribution in [0.2, 0.25) is 0 Å². The van der Waals surface area contributed by atoms with E-state index in [9.17, 15) is 8.42 Å². The molecule has 0 aromatic heterocycles. The highest BCUT2D eigenvalue weighted by molar-refractivity contribution is 7.90. The first-order chi connectivity index (χ1) is 7.07. The molecule has 15 heavy (non-hydrogen) atoms. The van der Waals surface area contributed by atoms with E-state index in [1.807, 2.05) is 31.2 Å². The van der Waals surface area contributed by atoms with Crippen LogP contribution < -0.4 is 0 Å². The zero-order valence-electron chi connectivity index (χ0n) is 9.36. The van der Waals surface area contributed by atoms with Crippen molar-refractivity contribution in [2.24, 2.45) is 0 Å². The number of aryl methyl sites for hydroxylation is 1. The Morgan fingerprint density at radius 3 is 2.00 bits per heavy atom. The minimum atomic E-state index is -2.90. The van der Waals surface area contributed by atoms with E-state index in [1.54, 1.807) is 0 Å². The van der Waals surface area contributed by atoms with Gasteiger partial charge in [-0.1, -0.05) is 38.1 Å². The van der Waals surface area contributed by atoms with Crippen molar-refractivity contribution in [1.82, 2.24) is 0 Å². The minimum absolute atomic E-state index is 0.171. The summed E-state index contributed by atoms with van der Waals surface area (Å²) in [6.45, 7) is 3.97. The zero-order chi connectivity index (χ0) is 11.3. The largest absolute Gasteiger partial charge is 0.228 e. The molecule has 0 aliphatic heterocycles. The number of hydrogen-bond acceptors (Lipinski definition) is 2. The maximum Gasteiger partial charge on any atom is 0.154 e. The second-order valence-corrected chi connectivity index (χ2v) is 5.95. The maximum atomic E-state index is 11.6. The van der Waals surface area contributed by atoms with Crippen LogP contribution in [-0.4, -0.2) is 14.2 Å². The van der Waals surface area contributed by atoms with E-state index in [4.69, 9.17) is 0 Å². The molecule has 84 valence electrons. The first kappa shape index (κ1) is 12.2. The normalized spacial score (nSPS) is 11.6. The molecule has 3 heteroatoms. The Balaban J connectivity index is 2.73. The summed E-state index contributed by atoms with van der Waals surface area (Å²) in [6.07, 6.45) is 1.68. The third kappa shape index (κ3) is 4.04. The van der Waals surface area contributed by atoms with Gasteiger partial charge in [-0.15, -0.1) is 0 Å². The molecule has 0 fully saturated rings. The molecule has 0 aliphatic rings. The molecule has 1 aromatic carbocycles. The topological polar surface area (TPSA) is 34.1 Å². The van der Waals surface area contributed by atoms with E-state index in [2.05, 4.69) is 6.92 Å². The molecule has 0 atom stereocenters. The fourth-order valence-electron chi connectivity index (χ4n) is 1.51. The summed E-state index contributed by atoms with van der Waals surface area (Å²) in [5.41, 5.74) is 2.13. The molecule has 0 saturated carbocycles. The van der Waals surface area contributed by atoms with Crippen molar-refractivity contribution in [3.8, 4) is 0 Å². The van der Waals surface area contributed by atoms with E-state index >= 15 is 0 Å². The third-order valence-electron chi connectivity index (χ3n) is 2.33. The molecule has 1 rings (SSSR count). The Morgan fingerprint density at radius 2 is 1.53 bits per heavy atom. The summed E-state index contributed by atoms with van der Waals surface area (Å²) in [5, 5.41) is 0. The highest BCUT2D eigenvalue weighted by Crippen LogP contribution is 2.09. The van der Waals surface area contributed by atoms with Crippen molar-refractivity contribution in [2.75, 3.05) is 5.75 Å². The predicted octanol–water partition coefficient (Wildman–Crippen LogP) is 2.57. The standard InChI is InChI=1S/C12H18O2S/c1-3-9-15(13,14)10-12-7-5-11(4-2)6-8-12/h5-8H,3-4,9-10H2,1-2H3. The Kier molecular flexibility index (Phi) is 4.33. The van der Waals surface area contributed by atoms with Gasteiger partial charge in [0.15, 0.2) is 9.84 Å². The fraction of sp³-hybridized carbons (Fsp3) is 0.500. The predicted molar refractivity (Wildman–Crippen MR) is 63.6 cm³/mol. The summed E-state index contributed by atoms with van der Waals surface area (Å²) in [7, 11) is -2.90. The highest BCUT2D eigenvalue weighted by Gasteiger charge is 2.09. The van der Waals surface area contributed by atoms with Crippen LogP contribution in [0, 0.1) is 0 Å². The minimum Gasteiger partial charge on any atom is -0.228 e. The smallest absolute Gasteiger partial charge is 0.154 e. The van der Waals surface area contributed by atoms with Crippen molar-refractivity contribution in [3.05, 3.63) is 35.4 Å². The van der Waals surface area contributed by atoms with Crippen LogP contribution in [0.4, 0.5) is 0 Å². The zero-order valence-corrected chi connectivity index (χ0v) is 10.2. The van der Waals surface area contributed by atoms with Crippen LogP contribution in [0.15, 0.2) is 24.3 Å². The van der Waals surface area contributed by atoms with Gasteiger partial charge < -0.3 is 0 Å². The van der Waals surface area contributed by atoms with Crippen molar-refractivity contribution < 1.29 is 8.42 Å². The van der Waals surface area contributed by atoms with Crippen molar-refractivity contribution in [3.63, 3.8) is 0 Å². The molecule has 0 amide bonds. The average Bonchev–Trinajstić information content (AvgIpc) is 2.18. The second kappa shape index (κ2) is 5.31. The second-order valence-electron chi connectivity index (χ2n) is 3.76. The Hall–Kier alpha value is -0.830. The summed E-state index contributed by atoms with van der Waals surface area (Å²) in [4.78, 5) is 0. The van der Waals surface area contributed by atoms with Crippen molar-refractivity contribution in [2.45, 2.75) is 32.4 Å². The molecule has 0 bridgehead atoms. The summed E-state index contributed by atoms with van der Waals surface area (Å²) in [6, 6.07) is 7.81. The number of benzene rings is 1. The first-order valence-corrected chi connectivity index (χ1v) is 7.17. The third-order valence-corrected chi connectivity index (χ3v) is 4.14. The Bertz CT molecular complexity index is 390. The Morgan fingerprint density at radius 1 is 1.00 bits per heavy atom. The van der Waals surface area contributed by atoms with E-state index in [0.717, 1.165) is 12.0 Å². The van der Waals surface area contributed by atoms with Crippen LogP contribution >= 0.6 is 0 Å². The lowest BCUT2D eigenvalue weighted by molar-refractivity contribution is 0.594. The van der Waals surface area contributed by atoms with Crippen molar-refractivity contribution in [1.29, 1.82) is 0 Å². The van der Waals surface area contributed by atoms with E-state index < -0.39 is 9.84 Å². The van der Waals surface area contributed by atoms with Gasteiger partial charge in [0.25, 0.3) is 0 Å². The van der Waals surface area contributed by atoms with Crippen LogP contribution in [0.5, 0.6) is 0 Å². The molecule has 0 unspecified atom stereocenters. The first-order valence-electron chi connectivity index (χ1n) is 5.35. The van der Waals surface area contributed by atoms with Gasteiger partial charge in [-0.3, -0.25) is 0 Å². The van der Waals surface area contributed by atoms with E-state index in [-0.39, 0.29) is 11.5 Å². The molecular weight excluding hydrogens is 208 g/mol. The Labute approximate surface area is 92.2 Å². The van der Waals surface area contributed by atoms with Gasteiger partial charge in [0.1, 0.15) is 0 Å². The van der Waals surface area contributed by atoms with E-state index in [0.29, 0.717) is 6.42 Å². The molecular formula is C12H18O2S. The fourth-order valence-corrected chi connectivity index (χ4v) is 2.97. The van der Waals surface area contributed by atoms with Gasteiger partial charge in [-0.05, 0) is 24.0 Å². The summed E-state index contributed by atoms with van der Waals surface area (Å²) < 4.78 is 23.1. The van der Waals surface area contributed by atoms with Gasteiger partial charge in [0.05, 0.1) is 11.5 Å². The monoisotopic (exact) mass is 226 g/mol. The van der Waals surface area contributed by atoms with Crippen molar-refractivity contribution >= 4 is 9.84 Å². The molecule has 0 aliphatic carbocycles. The van der Waals surface area contributed by atoms with Crippen LogP contribution in [0.3, 0.4) is 0 Å². The number of rotatable bonds is 5. The van der Waals surface area contributed by atoms with E-state index in [1.165, 1.54) is 5.56 Å². The maximum absolute atomic E-state index is 11.6. The van der Waals surface area contributed by atoms with Gasteiger partial charge in [0, 0.05) is 0 Å². The summed E-state index contributed by atoms with van der Waals surface area (Å²) >= 11 is 0. The lowest BCUT2D eigenvalue weighted by Crippen LogP contribution is -2.08.